The molecule has 0 aliphatic carbocycles. The molecule has 36 heavy (non-hydrogen) atoms. The summed E-state index contributed by atoms with van der Waals surface area (Å²) in [6.07, 6.45) is 1.71. The molecule has 0 aliphatic heterocycles. The maximum absolute atomic E-state index is 13.3. The molecular weight excluding hydrogens is 469 g/mol. The molecule has 1 heterocycles. The first kappa shape index (κ1) is 25.3. The Hall–Kier alpha value is -3.77. The van der Waals surface area contributed by atoms with Crippen molar-refractivity contribution in [2.24, 2.45) is 5.41 Å². The Morgan fingerprint density at radius 3 is 2.42 bits per heavy atom. The molecule has 0 aliphatic rings. The van der Waals surface area contributed by atoms with Crippen molar-refractivity contribution in [2.45, 2.75) is 26.2 Å². The molecule has 0 saturated carbocycles. The molecule has 1 atom stereocenters. The van der Waals surface area contributed by atoms with Crippen molar-refractivity contribution in [1.82, 2.24) is 5.32 Å². The molecule has 4 rings (SSSR count). The van der Waals surface area contributed by atoms with Gasteiger partial charge in [-0.05, 0) is 64.4 Å². The predicted molar refractivity (Wildman–Crippen MR) is 147 cm³/mol. The van der Waals surface area contributed by atoms with Gasteiger partial charge < -0.3 is 16.0 Å². The molecule has 0 spiro atoms. The van der Waals surface area contributed by atoms with E-state index < -0.39 is 0 Å². The lowest BCUT2D eigenvalue weighted by molar-refractivity contribution is -0.120. The molecular formula is C30H30FN3OS. The SMILES string of the molecule is CC(C)(CNC(=O)Cc1cccs1)[C@H](c1ccccc1)c1ccc(Nc2ccc(F)cc2)c(C=N)c1. The van der Waals surface area contributed by atoms with Crippen LogP contribution in [-0.4, -0.2) is 18.7 Å². The Bertz CT molecular complexity index is 1300. The molecule has 3 N–H and O–H groups in total. The first-order valence-corrected chi connectivity index (χ1v) is 12.7. The maximum atomic E-state index is 13.3. The molecule has 6 heteroatoms. The summed E-state index contributed by atoms with van der Waals surface area (Å²) in [5.41, 5.74) is 4.15. The largest absolute Gasteiger partial charge is 0.355 e. The van der Waals surface area contributed by atoms with E-state index in [1.807, 2.05) is 47.8 Å². The molecule has 0 fully saturated rings. The molecule has 1 aromatic heterocycles. The van der Waals surface area contributed by atoms with Crippen LogP contribution >= 0.6 is 11.3 Å². The van der Waals surface area contributed by atoms with Gasteiger partial charge in [-0.25, -0.2) is 4.39 Å². The normalized spacial score (nSPS) is 12.1. The van der Waals surface area contributed by atoms with Crippen LogP contribution < -0.4 is 10.6 Å². The quantitative estimate of drug-likeness (QED) is 0.203. The molecule has 0 bridgehead atoms. The number of nitrogens with one attached hydrogen (secondary N) is 3. The summed E-state index contributed by atoms with van der Waals surface area (Å²) in [7, 11) is 0. The monoisotopic (exact) mass is 499 g/mol. The van der Waals surface area contributed by atoms with Gasteiger partial charge in [-0.1, -0.05) is 56.3 Å². The van der Waals surface area contributed by atoms with Crippen molar-refractivity contribution in [3.63, 3.8) is 0 Å². The summed E-state index contributed by atoms with van der Waals surface area (Å²) in [4.78, 5) is 13.7. The van der Waals surface area contributed by atoms with Crippen molar-refractivity contribution in [1.29, 1.82) is 5.41 Å². The van der Waals surface area contributed by atoms with Crippen LogP contribution in [0.25, 0.3) is 0 Å². The number of hydrogen-bond acceptors (Lipinski definition) is 4. The zero-order valence-electron chi connectivity index (χ0n) is 20.4. The number of carbonyl (C=O) groups is 1. The highest BCUT2D eigenvalue weighted by Gasteiger charge is 2.33. The number of anilines is 2. The maximum Gasteiger partial charge on any atom is 0.225 e. The third-order valence-electron chi connectivity index (χ3n) is 6.26. The number of benzene rings is 3. The van der Waals surface area contributed by atoms with E-state index in [-0.39, 0.29) is 23.1 Å². The second-order valence-corrected chi connectivity index (χ2v) is 10.5. The van der Waals surface area contributed by atoms with Crippen LogP contribution in [0.3, 0.4) is 0 Å². The van der Waals surface area contributed by atoms with E-state index in [2.05, 4.69) is 42.7 Å². The average molecular weight is 500 g/mol. The topological polar surface area (TPSA) is 65.0 Å². The second-order valence-electron chi connectivity index (χ2n) is 9.49. The minimum absolute atomic E-state index is 0.0105. The minimum atomic E-state index is -0.308. The van der Waals surface area contributed by atoms with E-state index >= 15 is 0 Å². The summed E-state index contributed by atoms with van der Waals surface area (Å²) < 4.78 is 13.3. The second kappa shape index (κ2) is 11.3. The molecule has 0 unspecified atom stereocenters. The smallest absolute Gasteiger partial charge is 0.225 e. The van der Waals surface area contributed by atoms with Crippen LogP contribution in [0.2, 0.25) is 0 Å². The number of rotatable bonds is 10. The lowest BCUT2D eigenvalue weighted by Crippen LogP contribution is -2.38. The Labute approximate surface area is 215 Å². The summed E-state index contributed by atoms with van der Waals surface area (Å²) in [5, 5.41) is 16.4. The number of amides is 1. The third-order valence-corrected chi connectivity index (χ3v) is 7.13. The molecule has 4 nitrogen and oxygen atoms in total. The van der Waals surface area contributed by atoms with Crippen LogP contribution in [0.4, 0.5) is 15.8 Å². The van der Waals surface area contributed by atoms with Crippen LogP contribution in [0, 0.1) is 16.6 Å². The van der Waals surface area contributed by atoms with E-state index in [4.69, 9.17) is 5.41 Å². The van der Waals surface area contributed by atoms with E-state index in [0.717, 1.165) is 32.9 Å². The van der Waals surface area contributed by atoms with E-state index in [0.29, 0.717) is 13.0 Å². The fourth-order valence-electron chi connectivity index (χ4n) is 4.49. The number of carbonyl (C=O) groups excluding carboxylic acids is 1. The fourth-order valence-corrected chi connectivity index (χ4v) is 5.19. The lowest BCUT2D eigenvalue weighted by atomic mass is 9.71. The Balaban J connectivity index is 1.60. The minimum Gasteiger partial charge on any atom is -0.355 e. The molecule has 0 saturated heterocycles. The summed E-state index contributed by atoms with van der Waals surface area (Å²) in [5.74, 6) is -0.297. The van der Waals surface area contributed by atoms with Gasteiger partial charge in [0.25, 0.3) is 0 Å². The Morgan fingerprint density at radius 1 is 1.00 bits per heavy atom. The van der Waals surface area contributed by atoms with Gasteiger partial charge in [-0.3, -0.25) is 4.79 Å². The predicted octanol–water partition coefficient (Wildman–Crippen LogP) is 7.15. The molecule has 1 amide bonds. The van der Waals surface area contributed by atoms with Crippen molar-refractivity contribution < 1.29 is 9.18 Å². The van der Waals surface area contributed by atoms with Gasteiger partial charge in [-0.2, -0.15) is 0 Å². The summed E-state index contributed by atoms with van der Waals surface area (Å²) >= 11 is 1.58. The summed E-state index contributed by atoms with van der Waals surface area (Å²) in [6, 6.07) is 26.4. The van der Waals surface area contributed by atoms with Crippen molar-refractivity contribution in [3.8, 4) is 0 Å². The van der Waals surface area contributed by atoms with Gasteiger partial charge in [0.15, 0.2) is 0 Å². The van der Waals surface area contributed by atoms with Gasteiger partial charge in [0.2, 0.25) is 5.91 Å². The number of hydrogen-bond donors (Lipinski definition) is 3. The first-order valence-electron chi connectivity index (χ1n) is 11.9. The number of thiophene rings is 1. The van der Waals surface area contributed by atoms with E-state index in [1.165, 1.54) is 18.3 Å². The zero-order valence-corrected chi connectivity index (χ0v) is 21.2. The lowest BCUT2D eigenvalue weighted by Gasteiger charge is -2.36. The van der Waals surface area contributed by atoms with Gasteiger partial charge in [0.1, 0.15) is 5.82 Å². The van der Waals surface area contributed by atoms with Crippen molar-refractivity contribution in [2.75, 3.05) is 11.9 Å². The highest BCUT2D eigenvalue weighted by molar-refractivity contribution is 7.10. The van der Waals surface area contributed by atoms with Crippen molar-refractivity contribution >= 4 is 34.8 Å². The Morgan fingerprint density at radius 2 is 1.75 bits per heavy atom. The standard InChI is InChI=1S/C30H30FN3OS/c1-30(2,20-33-28(35)18-26-9-6-16-36-26)29(21-7-4-3-5-8-21)22-10-15-27(23(17-22)19-32)34-25-13-11-24(31)12-14-25/h3-17,19,29,32,34H,18,20H2,1-2H3,(H,33,35)/t29-/m1/s1. The van der Waals surface area contributed by atoms with Gasteiger partial charge in [0.05, 0.1) is 6.42 Å². The molecule has 0 radical (unpaired) electrons. The highest BCUT2D eigenvalue weighted by atomic mass is 32.1. The Kier molecular flexibility index (Phi) is 7.96. The summed E-state index contributed by atoms with van der Waals surface area (Å²) in [6.45, 7) is 4.82. The van der Waals surface area contributed by atoms with Gasteiger partial charge >= 0.3 is 0 Å². The number of halogens is 1. The fraction of sp³-hybridized carbons (Fsp3) is 0.200. The highest BCUT2D eigenvalue weighted by Crippen LogP contribution is 2.41. The van der Waals surface area contributed by atoms with Crippen LogP contribution in [0.1, 0.15) is 41.3 Å². The van der Waals surface area contributed by atoms with Gasteiger partial charge in [-0.15, -0.1) is 11.3 Å². The van der Waals surface area contributed by atoms with Crippen LogP contribution in [0.5, 0.6) is 0 Å². The van der Waals surface area contributed by atoms with Crippen LogP contribution in [-0.2, 0) is 11.2 Å². The van der Waals surface area contributed by atoms with E-state index in [9.17, 15) is 9.18 Å². The van der Waals surface area contributed by atoms with E-state index in [1.54, 1.807) is 23.5 Å². The van der Waals surface area contributed by atoms with Gasteiger partial charge in [0, 0.05) is 40.5 Å². The molecule has 3 aromatic carbocycles. The third kappa shape index (κ3) is 6.26. The zero-order chi connectivity index (χ0) is 25.5. The average Bonchev–Trinajstić information content (AvgIpc) is 3.39. The first-order chi connectivity index (χ1) is 17.4. The van der Waals surface area contributed by atoms with Crippen molar-refractivity contribution in [3.05, 3.63) is 118 Å². The molecule has 4 aromatic rings. The molecule has 184 valence electrons. The van der Waals surface area contributed by atoms with Crippen LogP contribution in [0.15, 0.2) is 90.3 Å².